The molecule has 14 heteroatoms. The molecule has 1 N–H and O–H groups in total. The minimum Gasteiger partial charge on any atom is -0.496 e. The molecule has 3 aromatic rings. The number of carbonyl (C=O) groups excluding carboxylic acids is 1. The molecule has 7 rings (SSSR count). The minimum absolute atomic E-state index is 0.0941. The second-order valence-electron chi connectivity index (χ2n) is 12.7. The number of allylic oxidation sites excluding steroid dienone is 1. The van der Waals surface area contributed by atoms with Crippen LogP contribution in [-0.4, -0.2) is 38.5 Å². The van der Waals surface area contributed by atoms with Crippen LogP contribution >= 0.6 is 0 Å². The number of benzene rings is 3. The van der Waals surface area contributed by atoms with Gasteiger partial charge in [0.05, 0.1) is 30.1 Å². The second-order valence-corrected chi connectivity index (χ2v) is 14.3. The fourth-order valence-electron chi connectivity index (χ4n) is 7.66. The number of hydrogen-bond acceptors (Lipinski definition) is 10. The van der Waals surface area contributed by atoms with Crippen LogP contribution in [0.15, 0.2) is 77.2 Å². The van der Waals surface area contributed by atoms with Crippen LogP contribution in [0.3, 0.4) is 0 Å². The molecule has 0 amide bonds. The maximum atomic E-state index is 13.0. The van der Waals surface area contributed by atoms with Crippen molar-refractivity contribution in [2.75, 3.05) is 18.9 Å². The summed E-state index contributed by atoms with van der Waals surface area (Å²) >= 11 is 0. The summed E-state index contributed by atoms with van der Waals surface area (Å²) in [5.74, 6) is 3.53. The van der Waals surface area contributed by atoms with Crippen LogP contribution in [0, 0.1) is 43.9 Å². The van der Waals surface area contributed by atoms with Crippen molar-refractivity contribution in [2.24, 2.45) is 23.7 Å². The number of anilines is 1. The first-order valence-electron chi connectivity index (χ1n) is 15.8. The third-order valence-corrected chi connectivity index (χ3v) is 11.0. The van der Waals surface area contributed by atoms with Crippen molar-refractivity contribution in [1.29, 1.82) is 0 Å². The van der Waals surface area contributed by atoms with E-state index in [0.29, 0.717) is 34.8 Å². The molecular formula is C35H35N3O10S. The Kier molecular flexibility index (Phi) is 9.41. The van der Waals surface area contributed by atoms with Gasteiger partial charge in [-0.2, -0.15) is 0 Å². The van der Waals surface area contributed by atoms with Gasteiger partial charge in [0.1, 0.15) is 18.1 Å². The van der Waals surface area contributed by atoms with Gasteiger partial charge in [-0.15, -0.1) is 0 Å². The lowest BCUT2D eigenvalue weighted by atomic mass is 9.54. The zero-order valence-electron chi connectivity index (χ0n) is 26.9. The average Bonchev–Trinajstić information content (AvgIpc) is 3.07. The lowest BCUT2D eigenvalue weighted by Crippen LogP contribution is -2.40. The van der Waals surface area contributed by atoms with Gasteiger partial charge in [0.2, 0.25) is 0 Å². The molecule has 13 nitrogen and oxygen atoms in total. The van der Waals surface area contributed by atoms with Crippen molar-refractivity contribution in [2.45, 2.75) is 43.6 Å². The molecule has 4 fully saturated rings. The van der Waals surface area contributed by atoms with Gasteiger partial charge in [-0.05, 0) is 97.3 Å². The normalized spacial score (nSPS) is 21.0. The summed E-state index contributed by atoms with van der Waals surface area (Å²) in [6.45, 7) is 0.0941. The van der Waals surface area contributed by atoms with Crippen LogP contribution in [-0.2, 0) is 30.9 Å². The van der Waals surface area contributed by atoms with Crippen LogP contribution < -0.4 is 9.46 Å². The maximum absolute atomic E-state index is 13.0. The number of non-ortho nitro benzene ring substituents is 1. The van der Waals surface area contributed by atoms with E-state index < -0.39 is 42.1 Å². The highest BCUT2D eigenvalue weighted by Gasteiger charge is 2.46. The van der Waals surface area contributed by atoms with E-state index in [4.69, 9.17) is 14.2 Å². The van der Waals surface area contributed by atoms with Gasteiger partial charge in [0.15, 0.2) is 4.90 Å². The molecule has 0 unspecified atom stereocenters. The first kappa shape index (κ1) is 33.7. The van der Waals surface area contributed by atoms with Gasteiger partial charge in [0, 0.05) is 29.0 Å². The number of esters is 1. The smallest absolute Gasteiger partial charge is 0.330 e. The Balaban J connectivity index is 1.23. The lowest BCUT2D eigenvalue weighted by molar-refractivity contribution is -0.396. The number of nitrogens with zero attached hydrogens (tertiary/aromatic N) is 2. The number of carbonyl (C=O) groups is 1. The van der Waals surface area contributed by atoms with E-state index in [2.05, 4.69) is 4.72 Å². The van der Waals surface area contributed by atoms with Crippen molar-refractivity contribution >= 4 is 44.9 Å². The monoisotopic (exact) mass is 689 g/mol. The number of sulfonamides is 1. The lowest BCUT2D eigenvalue weighted by Gasteiger charge is -2.51. The highest BCUT2D eigenvalue weighted by Crippen LogP contribution is 2.58. The molecule has 4 saturated carbocycles. The molecular weight excluding hydrogens is 654 g/mol. The van der Waals surface area contributed by atoms with E-state index in [1.165, 1.54) is 63.0 Å². The third kappa shape index (κ3) is 7.14. The summed E-state index contributed by atoms with van der Waals surface area (Å²) in [4.78, 5) is 31.9. The van der Waals surface area contributed by atoms with Gasteiger partial charge >= 0.3 is 5.97 Å². The van der Waals surface area contributed by atoms with Crippen LogP contribution in [0.5, 0.6) is 5.75 Å². The van der Waals surface area contributed by atoms with Crippen LogP contribution in [0.1, 0.15) is 48.8 Å². The highest BCUT2D eigenvalue weighted by molar-refractivity contribution is 7.92. The van der Waals surface area contributed by atoms with Crippen molar-refractivity contribution in [3.63, 3.8) is 0 Å². The summed E-state index contributed by atoms with van der Waals surface area (Å²) in [5.41, 5.74) is 2.22. The SMILES string of the molecule is COC(=O)/C=C/c1ccc(C(OC)=C2C3CC4CC(C3)CC2C4)cc1OCc1ccc(NS(=O)(=O)c2ccc([N+](=O)[O-])cc2[N+](=O)[O-])cc1. The number of nitro groups is 2. The standard InChI is InChI=1S/C35H35N3O10S/c1-46-33(39)12-7-24-5-6-25(35(47-2)34-26-14-22-13-23(16-26)17-27(34)15-22)18-31(24)48-20-21-3-8-28(9-4-21)36-49(44,45)32-11-10-29(37(40)41)19-30(32)38(42)43/h3-12,18-19,22-23,26-27,36H,13-17,20H2,1-2H3/b12-7+,35-34?. The van der Waals surface area contributed by atoms with Crippen LogP contribution in [0.2, 0.25) is 0 Å². The number of rotatable bonds is 12. The van der Waals surface area contributed by atoms with Crippen LogP contribution in [0.25, 0.3) is 11.8 Å². The Morgan fingerprint density at radius 1 is 0.878 bits per heavy atom. The molecule has 4 aliphatic rings. The number of nitro benzene ring substituents is 2. The summed E-state index contributed by atoms with van der Waals surface area (Å²) in [6.07, 6.45) is 9.08. The predicted molar refractivity (Wildman–Crippen MR) is 180 cm³/mol. The molecule has 0 heterocycles. The van der Waals surface area contributed by atoms with Crippen molar-refractivity contribution in [3.05, 3.63) is 109 Å². The summed E-state index contributed by atoms with van der Waals surface area (Å²) in [6, 6.07) is 14.3. The molecule has 256 valence electrons. The van der Waals surface area contributed by atoms with Gasteiger partial charge in [-0.1, -0.05) is 24.3 Å². The zero-order valence-corrected chi connectivity index (χ0v) is 27.7. The molecule has 3 aromatic carbocycles. The van der Waals surface area contributed by atoms with Gasteiger partial charge in [-0.25, -0.2) is 13.2 Å². The number of hydrogen-bond donors (Lipinski definition) is 1. The molecule has 0 aromatic heterocycles. The molecule has 0 saturated heterocycles. The third-order valence-electron chi connectivity index (χ3n) is 9.60. The molecule has 4 aliphatic carbocycles. The minimum atomic E-state index is -4.46. The molecule has 0 radical (unpaired) electrons. The fraction of sp³-hybridized carbons (Fsp3) is 0.343. The number of nitrogens with one attached hydrogen (secondary N) is 1. The van der Waals surface area contributed by atoms with Gasteiger partial charge < -0.3 is 14.2 Å². The topological polar surface area (TPSA) is 177 Å². The van der Waals surface area contributed by atoms with Crippen molar-refractivity contribution < 1.29 is 37.3 Å². The zero-order chi connectivity index (χ0) is 34.9. The largest absolute Gasteiger partial charge is 0.496 e. The predicted octanol–water partition coefficient (Wildman–Crippen LogP) is 6.88. The van der Waals surface area contributed by atoms with E-state index in [1.807, 2.05) is 18.2 Å². The first-order chi connectivity index (χ1) is 23.4. The number of methoxy groups -OCH3 is 2. The van der Waals surface area contributed by atoms with E-state index in [0.717, 1.165) is 35.3 Å². The van der Waals surface area contributed by atoms with E-state index in [9.17, 15) is 33.4 Å². The summed E-state index contributed by atoms with van der Waals surface area (Å²) in [7, 11) is -1.46. The highest BCUT2D eigenvalue weighted by atomic mass is 32.2. The molecule has 0 spiro atoms. The molecule has 4 bridgehead atoms. The van der Waals surface area contributed by atoms with Gasteiger partial charge in [0.25, 0.3) is 21.4 Å². The second kappa shape index (κ2) is 13.7. The van der Waals surface area contributed by atoms with E-state index >= 15 is 0 Å². The summed E-state index contributed by atoms with van der Waals surface area (Å²) in [5, 5.41) is 22.5. The average molecular weight is 690 g/mol. The van der Waals surface area contributed by atoms with Crippen molar-refractivity contribution in [3.8, 4) is 5.75 Å². The first-order valence-corrected chi connectivity index (χ1v) is 17.3. The van der Waals surface area contributed by atoms with E-state index in [1.54, 1.807) is 25.3 Å². The Labute approximate surface area is 282 Å². The molecule has 0 aliphatic heterocycles. The Morgan fingerprint density at radius 2 is 1.55 bits per heavy atom. The molecule has 0 atom stereocenters. The Bertz CT molecular complexity index is 1940. The Hall–Kier alpha value is -5.24. The van der Waals surface area contributed by atoms with Gasteiger partial charge in [-0.3, -0.25) is 25.0 Å². The molecule has 49 heavy (non-hydrogen) atoms. The van der Waals surface area contributed by atoms with Crippen molar-refractivity contribution in [1.82, 2.24) is 0 Å². The quantitative estimate of drug-likeness (QED) is 0.0693. The Morgan fingerprint density at radius 3 is 2.14 bits per heavy atom. The number of ether oxygens (including phenoxy) is 3. The van der Waals surface area contributed by atoms with E-state index in [-0.39, 0.29) is 12.3 Å². The maximum Gasteiger partial charge on any atom is 0.330 e. The fourth-order valence-corrected chi connectivity index (χ4v) is 8.87. The summed E-state index contributed by atoms with van der Waals surface area (Å²) < 4.78 is 45.4. The van der Waals surface area contributed by atoms with Crippen LogP contribution in [0.4, 0.5) is 17.1 Å².